The first-order valence-corrected chi connectivity index (χ1v) is 9.12. The standard InChI is InChI=1S/C22H20ClN3O2/c1-13-4-7-19(15(3)8-13)25-21(27)16-9-17(12-24-11-16)22(28)26-20-10-18(23)6-5-14(20)2/h4-12H,1-3H3,(H,25,27)(H,26,28). The largest absolute Gasteiger partial charge is 0.322 e. The van der Waals surface area contributed by atoms with Crippen LogP contribution in [-0.2, 0) is 0 Å². The monoisotopic (exact) mass is 393 g/mol. The number of rotatable bonds is 4. The van der Waals surface area contributed by atoms with E-state index in [9.17, 15) is 9.59 Å². The van der Waals surface area contributed by atoms with Gasteiger partial charge in [-0.05, 0) is 56.2 Å². The first-order valence-electron chi connectivity index (χ1n) is 8.74. The lowest BCUT2D eigenvalue weighted by atomic mass is 10.1. The number of benzene rings is 2. The highest BCUT2D eigenvalue weighted by molar-refractivity contribution is 6.31. The molecule has 2 aromatic carbocycles. The molecule has 0 aliphatic rings. The Bertz CT molecular complexity index is 1060. The molecule has 1 aromatic heterocycles. The van der Waals surface area contributed by atoms with Crippen molar-refractivity contribution in [1.29, 1.82) is 0 Å². The Kier molecular flexibility index (Phi) is 5.76. The molecule has 1 heterocycles. The zero-order chi connectivity index (χ0) is 20.3. The molecule has 0 saturated heterocycles. The number of carbonyl (C=O) groups is 2. The molecule has 0 aliphatic carbocycles. The minimum Gasteiger partial charge on any atom is -0.322 e. The summed E-state index contributed by atoms with van der Waals surface area (Å²) in [5.74, 6) is -0.688. The number of carbonyl (C=O) groups excluding carboxylic acids is 2. The van der Waals surface area contributed by atoms with E-state index in [0.29, 0.717) is 16.3 Å². The van der Waals surface area contributed by atoms with Gasteiger partial charge in [0.15, 0.2) is 0 Å². The van der Waals surface area contributed by atoms with Gasteiger partial charge in [0.1, 0.15) is 0 Å². The predicted molar refractivity (Wildman–Crippen MR) is 112 cm³/mol. The number of hydrogen-bond acceptors (Lipinski definition) is 3. The summed E-state index contributed by atoms with van der Waals surface area (Å²) in [4.78, 5) is 29.2. The van der Waals surface area contributed by atoms with E-state index in [2.05, 4.69) is 15.6 Å². The SMILES string of the molecule is Cc1ccc(NC(=O)c2cncc(C(=O)Nc3cc(Cl)ccc3C)c2)c(C)c1. The maximum atomic E-state index is 12.6. The number of aryl methyl sites for hydroxylation is 3. The lowest BCUT2D eigenvalue weighted by Crippen LogP contribution is -2.17. The third kappa shape index (κ3) is 4.56. The van der Waals surface area contributed by atoms with Crippen LogP contribution < -0.4 is 10.6 Å². The summed E-state index contributed by atoms with van der Waals surface area (Å²) in [5, 5.41) is 6.19. The maximum absolute atomic E-state index is 12.6. The van der Waals surface area contributed by atoms with E-state index in [-0.39, 0.29) is 17.4 Å². The minimum absolute atomic E-state index is 0.285. The molecule has 0 spiro atoms. The molecule has 0 radical (unpaired) electrons. The summed E-state index contributed by atoms with van der Waals surface area (Å²) >= 11 is 6.00. The molecule has 3 aromatic rings. The van der Waals surface area contributed by atoms with Crippen molar-refractivity contribution in [3.05, 3.63) is 87.7 Å². The normalized spacial score (nSPS) is 10.4. The second-order valence-electron chi connectivity index (χ2n) is 6.65. The van der Waals surface area contributed by atoms with Crippen LogP contribution in [0, 0.1) is 20.8 Å². The van der Waals surface area contributed by atoms with Crippen LogP contribution >= 0.6 is 11.6 Å². The van der Waals surface area contributed by atoms with Crippen molar-refractivity contribution in [2.45, 2.75) is 20.8 Å². The smallest absolute Gasteiger partial charge is 0.257 e. The van der Waals surface area contributed by atoms with Gasteiger partial charge in [-0.3, -0.25) is 14.6 Å². The van der Waals surface area contributed by atoms with Crippen LogP contribution in [-0.4, -0.2) is 16.8 Å². The summed E-state index contributed by atoms with van der Waals surface area (Å²) in [6.45, 7) is 5.79. The Hall–Kier alpha value is -3.18. The Morgan fingerprint density at radius 3 is 2.07 bits per heavy atom. The van der Waals surface area contributed by atoms with Gasteiger partial charge < -0.3 is 10.6 Å². The summed E-state index contributed by atoms with van der Waals surface area (Å²) in [5.41, 5.74) is 4.89. The van der Waals surface area contributed by atoms with Crippen LogP contribution in [0.4, 0.5) is 11.4 Å². The van der Waals surface area contributed by atoms with Gasteiger partial charge in [-0.25, -0.2) is 0 Å². The van der Waals surface area contributed by atoms with E-state index < -0.39 is 0 Å². The van der Waals surface area contributed by atoms with Crippen LogP contribution in [0.1, 0.15) is 37.4 Å². The van der Waals surface area contributed by atoms with Gasteiger partial charge in [0, 0.05) is 28.8 Å². The highest BCUT2D eigenvalue weighted by Crippen LogP contribution is 2.21. The average Bonchev–Trinajstić information content (AvgIpc) is 2.67. The molecule has 0 aliphatic heterocycles. The topological polar surface area (TPSA) is 71.1 Å². The Balaban J connectivity index is 1.78. The van der Waals surface area contributed by atoms with Crippen LogP contribution in [0.15, 0.2) is 54.9 Å². The van der Waals surface area contributed by atoms with E-state index in [1.54, 1.807) is 12.1 Å². The Morgan fingerprint density at radius 2 is 1.43 bits per heavy atom. The second-order valence-corrected chi connectivity index (χ2v) is 7.08. The zero-order valence-electron chi connectivity index (χ0n) is 15.8. The van der Waals surface area contributed by atoms with Gasteiger partial charge >= 0.3 is 0 Å². The van der Waals surface area contributed by atoms with E-state index >= 15 is 0 Å². The molecule has 0 fully saturated rings. The zero-order valence-corrected chi connectivity index (χ0v) is 16.6. The van der Waals surface area contributed by atoms with E-state index in [1.165, 1.54) is 18.5 Å². The highest BCUT2D eigenvalue weighted by Gasteiger charge is 2.13. The predicted octanol–water partition coefficient (Wildman–Crippen LogP) is 5.16. The lowest BCUT2D eigenvalue weighted by Gasteiger charge is -2.11. The van der Waals surface area contributed by atoms with Gasteiger partial charge in [0.25, 0.3) is 11.8 Å². The number of nitrogens with one attached hydrogen (secondary N) is 2. The number of aromatic nitrogens is 1. The van der Waals surface area contributed by atoms with E-state index in [4.69, 9.17) is 11.6 Å². The van der Waals surface area contributed by atoms with Crippen molar-refractivity contribution in [2.75, 3.05) is 10.6 Å². The first-order chi connectivity index (χ1) is 13.3. The molecule has 0 bridgehead atoms. The van der Waals surface area contributed by atoms with Crippen molar-refractivity contribution in [2.24, 2.45) is 0 Å². The molecule has 3 rings (SSSR count). The lowest BCUT2D eigenvalue weighted by molar-refractivity contribution is 0.102. The van der Waals surface area contributed by atoms with Crippen molar-refractivity contribution >= 4 is 34.8 Å². The quantitative estimate of drug-likeness (QED) is 0.642. The van der Waals surface area contributed by atoms with E-state index in [0.717, 1.165) is 22.4 Å². The molecule has 28 heavy (non-hydrogen) atoms. The molecular formula is C22H20ClN3O2. The van der Waals surface area contributed by atoms with Crippen molar-refractivity contribution in [1.82, 2.24) is 4.98 Å². The van der Waals surface area contributed by atoms with Gasteiger partial charge in [0.05, 0.1) is 11.1 Å². The molecule has 2 N–H and O–H groups in total. The van der Waals surface area contributed by atoms with Crippen LogP contribution in [0.2, 0.25) is 5.02 Å². The van der Waals surface area contributed by atoms with Gasteiger partial charge in [0.2, 0.25) is 0 Å². The molecule has 6 heteroatoms. The number of hydrogen-bond donors (Lipinski definition) is 2. The van der Waals surface area contributed by atoms with Crippen LogP contribution in [0.5, 0.6) is 0 Å². The number of anilines is 2. The van der Waals surface area contributed by atoms with Crippen LogP contribution in [0.25, 0.3) is 0 Å². The fourth-order valence-electron chi connectivity index (χ4n) is 2.76. The highest BCUT2D eigenvalue weighted by atomic mass is 35.5. The van der Waals surface area contributed by atoms with Crippen molar-refractivity contribution in [3.63, 3.8) is 0 Å². The van der Waals surface area contributed by atoms with E-state index in [1.807, 2.05) is 45.0 Å². The van der Waals surface area contributed by atoms with Gasteiger partial charge in [-0.15, -0.1) is 0 Å². The third-order valence-corrected chi connectivity index (χ3v) is 4.58. The second kappa shape index (κ2) is 8.23. The van der Waals surface area contributed by atoms with Crippen molar-refractivity contribution in [3.8, 4) is 0 Å². The van der Waals surface area contributed by atoms with Gasteiger partial charge in [-0.2, -0.15) is 0 Å². The Labute approximate surface area is 168 Å². The molecule has 0 unspecified atom stereocenters. The summed E-state index contributed by atoms with van der Waals surface area (Å²) in [7, 11) is 0. The first kappa shape index (κ1) is 19.6. The molecule has 142 valence electrons. The average molecular weight is 394 g/mol. The van der Waals surface area contributed by atoms with Gasteiger partial charge in [-0.1, -0.05) is 35.4 Å². The molecule has 0 saturated carbocycles. The number of pyridine rings is 1. The molecule has 0 atom stereocenters. The van der Waals surface area contributed by atoms with Crippen LogP contribution in [0.3, 0.4) is 0 Å². The fourth-order valence-corrected chi connectivity index (χ4v) is 2.93. The number of amides is 2. The Morgan fingerprint density at radius 1 is 0.786 bits per heavy atom. The minimum atomic E-state index is -0.362. The molecule has 2 amide bonds. The van der Waals surface area contributed by atoms with Crippen molar-refractivity contribution < 1.29 is 9.59 Å². The summed E-state index contributed by atoms with van der Waals surface area (Å²) in [6, 6.07) is 12.5. The summed E-state index contributed by atoms with van der Waals surface area (Å²) < 4.78 is 0. The summed E-state index contributed by atoms with van der Waals surface area (Å²) in [6.07, 6.45) is 2.85. The number of nitrogens with zero attached hydrogens (tertiary/aromatic N) is 1. The third-order valence-electron chi connectivity index (χ3n) is 4.34. The molecular weight excluding hydrogens is 374 g/mol. The molecule has 5 nitrogen and oxygen atoms in total. The fraction of sp³-hybridized carbons (Fsp3) is 0.136. The number of halogens is 1. The maximum Gasteiger partial charge on any atom is 0.257 e.